The van der Waals surface area contributed by atoms with Crippen molar-refractivity contribution in [3.8, 4) is 0 Å². The molecule has 3 aromatic rings. The smallest absolute Gasteiger partial charge is 0.201 e. The predicted octanol–water partition coefficient (Wildman–Crippen LogP) is 2.44. The van der Waals surface area contributed by atoms with E-state index in [-0.39, 0.29) is 10.9 Å². The number of halogens is 2. The van der Waals surface area contributed by atoms with E-state index >= 15 is 0 Å². The molecule has 31 heavy (non-hydrogen) atoms. The Kier molecular flexibility index (Phi) is 7.22. The molecule has 0 saturated carbocycles. The monoisotopic (exact) mass is 443 g/mol. The van der Waals surface area contributed by atoms with Gasteiger partial charge < -0.3 is 14.9 Å². The van der Waals surface area contributed by atoms with Gasteiger partial charge in [-0.2, -0.15) is 0 Å². The number of nitrogens with zero attached hydrogens (tertiary/aromatic N) is 4. The lowest BCUT2D eigenvalue weighted by atomic mass is 10.2. The third kappa shape index (κ3) is 5.39. The van der Waals surface area contributed by atoms with E-state index in [1.807, 2.05) is 24.7 Å². The number of aliphatic imine (C=N–C) groups is 1. The van der Waals surface area contributed by atoms with Crippen LogP contribution in [0.2, 0.25) is 5.02 Å². The first-order valence-electron chi connectivity index (χ1n) is 9.49. The molecular weight excluding hydrogens is 421 g/mol. The van der Waals surface area contributed by atoms with Gasteiger partial charge in [-0.3, -0.25) is 10.7 Å². The Morgan fingerprint density at radius 2 is 2.26 bits per heavy atom. The third-order valence-electron chi connectivity index (χ3n) is 4.43. The minimum absolute atomic E-state index is 0.0667. The molecule has 2 aromatic heterocycles. The van der Waals surface area contributed by atoms with Crippen LogP contribution in [-0.2, 0) is 13.5 Å². The summed E-state index contributed by atoms with van der Waals surface area (Å²) in [6.07, 6.45) is 7.87. The number of benzene rings is 1. The van der Waals surface area contributed by atoms with Gasteiger partial charge >= 0.3 is 0 Å². The summed E-state index contributed by atoms with van der Waals surface area (Å²) in [5.41, 5.74) is 2.93. The standard InChI is InChI=1S/C21H23ClFN7O/c1-4-5-15(20(29-31)27-14-6-7-17(23)16(22)12-14)19-13(2)26-21(28-19)25-9-8-18-24-10-11-30(18)3/h4-7,10-12,31H,2,8-9H2,1,3H3,(H,27,29)(H2,25,26,28)/b5-4-,19-15-. The normalized spacial score (nSPS) is 13.0. The van der Waals surface area contributed by atoms with Crippen molar-refractivity contribution in [1.82, 2.24) is 25.0 Å². The van der Waals surface area contributed by atoms with Gasteiger partial charge in [-0.15, -0.1) is 0 Å². The van der Waals surface area contributed by atoms with Gasteiger partial charge in [0.25, 0.3) is 0 Å². The lowest BCUT2D eigenvalue weighted by Gasteiger charge is -2.06. The molecule has 4 N–H and O–H groups in total. The Hall–Kier alpha value is -3.43. The maximum Gasteiger partial charge on any atom is 0.201 e. The molecule has 0 unspecified atom stereocenters. The zero-order valence-corrected chi connectivity index (χ0v) is 17.9. The highest BCUT2D eigenvalue weighted by molar-refractivity contribution is 6.31. The molecule has 0 bridgehead atoms. The van der Waals surface area contributed by atoms with Crippen LogP contribution < -0.4 is 21.5 Å². The Morgan fingerprint density at radius 1 is 1.45 bits per heavy atom. The average molecular weight is 444 g/mol. The SMILES string of the molecule is C=c1[nH]c(NCCc2nccn2C)n/c1=C(/C=C\C)C(=Nc1ccc(F)c(Cl)c1)NO. The quantitative estimate of drug-likeness (QED) is 0.255. The van der Waals surface area contributed by atoms with Crippen molar-refractivity contribution in [1.29, 1.82) is 0 Å². The number of allylic oxidation sites excluding steroid dienone is 1. The first kappa shape index (κ1) is 22.3. The van der Waals surface area contributed by atoms with E-state index in [1.165, 1.54) is 18.2 Å². The topological polar surface area (TPSA) is 103 Å². The number of nitrogens with one attached hydrogen (secondary N) is 3. The zero-order chi connectivity index (χ0) is 22.4. The predicted molar refractivity (Wildman–Crippen MR) is 120 cm³/mol. The van der Waals surface area contributed by atoms with E-state index < -0.39 is 5.82 Å². The van der Waals surface area contributed by atoms with Crippen molar-refractivity contribution in [3.05, 3.63) is 70.1 Å². The van der Waals surface area contributed by atoms with Gasteiger partial charge in [-0.05, 0) is 25.1 Å². The summed E-state index contributed by atoms with van der Waals surface area (Å²) in [5.74, 6) is 1.03. The molecule has 0 fully saturated rings. The number of imidazole rings is 2. The fourth-order valence-corrected chi connectivity index (χ4v) is 3.09. The van der Waals surface area contributed by atoms with Crippen LogP contribution in [-0.4, -0.2) is 37.1 Å². The lowest BCUT2D eigenvalue weighted by Crippen LogP contribution is -2.32. The second kappa shape index (κ2) is 10.1. The molecule has 162 valence electrons. The molecule has 0 radical (unpaired) electrons. The van der Waals surface area contributed by atoms with E-state index in [2.05, 4.69) is 37.3 Å². The molecule has 3 rings (SSSR count). The van der Waals surface area contributed by atoms with Crippen LogP contribution in [0.25, 0.3) is 12.2 Å². The van der Waals surface area contributed by atoms with Gasteiger partial charge in [0.15, 0.2) is 5.84 Å². The van der Waals surface area contributed by atoms with Crippen molar-refractivity contribution in [2.75, 3.05) is 11.9 Å². The molecule has 8 nitrogen and oxygen atoms in total. The number of aryl methyl sites for hydroxylation is 1. The summed E-state index contributed by atoms with van der Waals surface area (Å²) in [4.78, 5) is 16.3. The summed E-state index contributed by atoms with van der Waals surface area (Å²) in [5, 5.41) is 13.9. The number of hydroxylamine groups is 1. The number of amidine groups is 1. The van der Waals surface area contributed by atoms with Gasteiger partial charge in [-0.1, -0.05) is 30.3 Å². The highest BCUT2D eigenvalue weighted by atomic mass is 35.5. The van der Waals surface area contributed by atoms with E-state index in [0.717, 1.165) is 5.82 Å². The maximum absolute atomic E-state index is 13.4. The summed E-state index contributed by atoms with van der Waals surface area (Å²) in [6, 6.07) is 4.02. The highest BCUT2D eigenvalue weighted by Gasteiger charge is 2.10. The molecule has 2 heterocycles. The fraction of sp³-hybridized carbons (Fsp3) is 0.190. The van der Waals surface area contributed by atoms with Crippen molar-refractivity contribution in [2.24, 2.45) is 12.0 Å². The number of anilines is 1. The van der Waals surface area contributed by atoms with Crippen LogP contribution >= 0.6 is 11.6 Å². The Labute approximate surface area is 183 Å². The minimum Gasteiger partial charge on any atom is -0.355 e. The number of aromatic nitrogens is 4. The van der Waals surface area contributed by atoms with E-state index in [1.54, 1.807) is 18.3 Å². The van der Waals surface area contributed by atoms with Crippen LogP contribution in [0.5, 0.6) is 0 Å². The van der Waals surface area contributed by atoms with Crippen molar-refractivity contribution < 1.29 is 9.60 Å². The van der Waals surface area contributed by atoms with Crippen LogP contribution in [0.3, 0.4) is 0 Å². The second-order valence-electron chi connectivity index (χ2n) is 6.63. The number of rotatable bonds is 7. The molecule has 0 aliphatic heterocycles. The van der Waals surface area contributed by atoms with Gasteiger partial charge in [0.05, 0.1) is 16.1 Å². The summed E-state index contributed by atoms with van der Waals surface area (Å²) < 4.78 is 15.4. The first-order valence-corrected chi connectivity index (χ1v) is 9.87. The molecule has 1 aromatic carbocycles. The largest absolute Gasteiger partial charge is 0.355 e. The number of hydrogen-bond donors (Lipinski definition) is 4. The molecule has 0 atom stereocenters. The Bertz CT molecular complexity index is 1230. The molecule has 10 heteroatoms. The van der Waals surface area contributed by atoms with Crippen molar-refractivity contribution >= 4 is 41.2 Å². The van der Waals surface area contributed by atoms with Crippen LogP contribution in [0, 0.1) is 5.82 Å². The molecule has 0 aliphatic rings. The number of aromatic amines is 1. The van der Waals surface area contributed by atoms with Crippen LogP contribution in [0.1, 0.15) is 12.7 Å². The molecule has 0 spiro atoms. The van der Waals surface area contributed by atoms with Crippen molar-refractivity contribution in [3.63, 3.8) is 0 Å². The maximum atomic E-state index is 13.4. The minimum atomic E-state index is -0.551. The van der Waals surface area contributed by atoms with Crippen LogP contribution in [0.15, 0.2) is 47.7 Å². The second-order valence-corrected chi connectivity index (χ2v) is 7.04. The zero-order valence-electron chi connectivity index (χ0n) is 17.2. The Morgan fingerprint density at radius 3 is 2.90 bits per heavy atom. The number of hydrogen-bond acceptors (Lipinski definition) is 5. The summed E-state index contributed by atoms with van der Waals surface area (Å²) in [7, 11) is 1.94. The molecule has 0 amide bonds. The summed E-state index contributed by atoms with van der Waals surface area (Å²) >= 11 is 5.83. The number of H-pyrrole nitrogens is 1. The van der Waals surface area contributed by atoms with Gasteiger partial charge in [0.1, 0.15) is 17.0 Å². The van der Waals surface area contributed by atoms with Crippen LogP contribution in [0.4, 0.5) is 16.0 Å². The lowest BCUT2D eigenvalue weighted by molar-refractivity contribution is 0.236. The molecule has 0 aliphatic carbocycles. The highest BCUT2D eigenvalue weighted by Crippen LogP contribution is 2.22. The average Bonchev–Trinajstić information content (AvgIpc) is 3.32. The molecule has 0 saturated heterocycles. The van der Waals surface area contributed by atoms with E-state index in [9.17, 15) is 9.60 Å². The molecular formula is C21H23ClFN7O. The van der Waals surface area contributed by atoms with E-state index in [4.69, 9.17) is 11.6 Å². The third-order valence-corrected chi connectivity index (χ3v) is 4.72. The van der Waals surface area contributed by atoms with Gasteiger partial charge in [-0.25, -0.2) is 19.4 Å². The Balaban J connectivity index is 1.93. The van der Waals surface area contributed by atoms with Gasteiger partial charge in [0, 0.05) is 38.0 Å². The van der Waals surface area contributed by atoms with Crippen molar-refractivity contribution in [2.45, 2.75) is 13.3 Å². The van der Waals surface area contributed by atoms with Gasteiger partial charge in [0.2, 0.25) is 5.95 Å². The van der Waals surface area contributed by atoms with E-state index in [0.29, 0.717) is 40.9 Å². The fourth-order valence-electron chi connectivity index (χ4n) is 2.91. The summed E-state index contributed by atoms with van der Waals surface area (Å²) in [6.45, 7) is 6.44. The first-order chi connectivity index (χ1) is 14.9.